The van der Waals surface area contributed by atoms with Crippen LogP contribution in [0.3, 0.4) is 0 Å². The van der Waals surface area contributed by atoms with E-state index in [0.29, 0.717) is 0 Å². The lowest BCUT2D eigenvalue weighted by Crippen LogP contribution is -2.53. The van der Waals surface area contributed by atoms with Gasteiger partial charge in [-0.15, -0.1) is 0 Å². The molecule has 0 radical (unpaired) electrons. The zero-order valence-corrected chi connectivity index (χ0v) is 6.67. The summed E-state index contributed by atoms with van der Waals surface area (Å²) in [6.45, 7) is -0.706. The van der Waals surface area contributed by atoms with Gasteiger partial charge < -0.3 is 31.9 Å². The Morgan fingerprint density at radius 2 is 1.58 bits per heavy atom. The van der Waals surface area contributed by atoms with E-state index in [1.54, 1.807) is 0 Å². The molecule has 0 heterocycles. The Hall–Kier alpha value is -0.240. The summed E-state index contributed by atoms with van der Waals surface area (Å²) in [6, 6.07) is -1.09. The van der Waals surface area contributed by atoms with Gasteiger partial charge in [0, 0.05) is 6.54 Å². The fourth-order valence-corrected chi connectivity index (χ4v) is 0.745. The van der Waals surface area contributed by atoms with Gasteiger partial charge in [0.15, 0.2) is 0 Å². The summed E-state index contributed by atoms with van der Waals surface area (Å²) in [7, 11) is 0. The molecular formula is C6H16N2O4. The summed E-state index contributed by atoms with van der Waals surface area (Å²) < 4.78 is 0. The minimum Gasteiger partial charge on any atom is -0.394 e. The van der Waals surface area contributed by atoms with Crippen molar-refractivity contribution >= 4 is 0 Å². The minimum atomic E-state index is -1.32. The number of hydrogen-bond donors (Lipinski definition) is 6. The largest absolute Gasteiger partial charge is 0.394 e. The van der Waals surface area contributed by atoms with Crippen LogP contribution < -0.4 is 11.5 Å². The van der Waals surface area contributed by atoms with Gasteiger partial charge in [-0.25, -0.2) is 0 Å². The van der Waals surface area contributed by atoms with E-state index in [4.69, 9.17) is 31.9 Å². The second kappa shape index (κ2) is 5.41. The molecule has 0 rings (SSSR count). The van der Waals surface area contributed by atoms with Crippen molar-refractivity contribution in [1.29, 1.82) is 0 Å². The standard InChI is InChI=1S/C6H16N2O4/c7-1-3(10)6(12)5(8)4(11)2-9/h3-6,9-12H,1-2,7-8H2/t3-,4+,5+,6+/m0/s1. The lowest BCUT2D eigenvalue weighted by atomic mass is 10.0. The summed E-state index contributed by atoms with van der Waals surface area (Å²) in [5, 5.41) is 35.6. The molecule has 8 N–H and O–H groups in total. The maximum atomic E-state index is 9.16. The first-order valence-electron chi connectivity index (χ1n) is 3.65. The Labute approximate surface area is 70.4 Å². The summed E-state index contributed by atoms with van der Waals surface area (Å²) >= 11 is 0. The maximum Gasteiger partial charge on any atom is 0.0988 e. The average molecular weight is 180 g/mol. The molecule has 0 aliphatic carbocycles. The molecule has 0 saturated heterocycles. The van der Waals surface area contributed by atoms with Gasteiger partial charge in [-0.3, -0.25) is 0 Å². The zero-order valence-electron chi connectivity index (χ0n) is 6.67. The predicted octanol–water partition coefficient (Wildman–Crippen LogP) is -3.65. The maximum absolute atomic E-state index is 9.16. The number of aliphatic hydroxyl groups excluding tert-OH is 4. The molecule has 0 aliphatic rings. The van der Waals surface area contributed by atoms with Crippen LogP contribution in [0, 0.1) is 0 Å². The van der Waals surface area contributed by atoms with Gasteiger partial charge in [-0.2, -0.15) is 0 Å². The van der Waals surface area contributed by atoms with E-state index in [2.05, 4.69) is 0 Å². The summed E-state index contributed by atoms with van der Waals surface area (Å²) in [4.78, 5) is 0. The zero-order chi connectivity index (χ0) is 9.72. The van der Waals surface area contributed by atoms with E-state index < -0.39 is 31.0 Å². The molecule has 6 heteroatoms. The second-order valence-corrected chi connectivity index (χ2v) is 2.62. The van der Waals surface area contributed by atoms with Crippen molar-refractivity contribution in [3.63, 3.8) is 0 Å². The van der Waals surface area contributed by atoms with Crippen molar-refractivity contribution in [2.45, 2.75) is 24.4 Å². The molecule has 0 unspecified atom stereocenters. The number of rotatable bonds is 5. The van der Waals surface area contributed by atoms with E-state index in [9.17, 15) is 0 Å². The molecule has 4 atom stereocenters. The molecule has 0 aliphatic heterocycles. The van der Waals surface area contributed by atoms with Crippen molar-refractivity contribution in [2.75, 3.05) is 13.2 Å². The molecule has 0 aromatic rings. The van der Waals surface area contributed by atoms with E-state index in [1.807, 2.05) is 0 Å². The van der Waals surface area contributed by atoms with Gasteiger partial charge in [-0.1, -0.05) is 0 Å². The topological polar surface area (TPSA) is 133 Å². The molecule has 0 aromatic heterocycles. The third-order valence-electron chi connectivity index (χ3n) is 1.66. The first-order valence-corrected chi connectivity index (χ1v) is 3.65. The van der Waals surface area contributed by atoms with Gasteiger partial charge in [0.05, 0.1) is 31.0 Å². The summed E-state index contributed by atoms with van der Waals surface area (Å²) in [5.41, 5.74) is 10.3. The normalized spacial score (nSPS) is 21.5. The second-order valence-electron chi connectivity index (χ2n) is 2.62. The Morgan fingerprint density at radius 1 is 1.08 bits per heavy atom. The van der Waals surface area contributed by atoms with Crippen LogP contribution in [0.4, 0.5) is 0 Å². The van der Waals surface area contributed by atoms with Gasteiger partial charge in [0.1, 0.15) is 0 Å². The lowest BCUT2D eigenvalue weighted by Gasteiger charge is -2.25. The molecule has 0 saturated carbocycles. The van der Waals surface area contributed by atoms with Crippen molar-refractivity contribution < 1.29 is 20.4 Å². The first-order chi connectivity index (χ1) is 5.54. The first kappa shape index (κ1) is 11.8. The summed E-state index contributed by atoms with van der Waals surface area (Å²) in [6.07, 6.45) is -3.75. The van der Waals surface area contributed by atoms with Gasteiger partial charge >= 0.3 is 0 Å². The lowest BCUT2D eigenvalue weighted by molar-refractivity contribution is -0.0354. The molecule has 0 aromatic carbocycles. The van der Waals surface area contributed by atoms with Crippen LogP contribution in [0.5, 0.6) is 0 Å². The van der Waals surface area contributed by atoms with Crippen LogP contribution in [0.15, 0.2) is 0 Å². The quantitative estimate of drug-likeness (QED) is 0.258. The smallest absolute Gasteiger partial charge is 0.0988 e. The third kappa shape index (κ3) is 3.02. The Kier molecular flexibility index (Phi) is 5.31. The fourth-order valence-electron chi connectivity index (χ4n) is 0.745. The van der Waals surface area contributed by atoms with Gasteiger partial charge in [-0.05, 0) is 0 Å². The van der Waals surface area contributed by atoms with E-state index in [0.717, 1.165) is 0 Å². The van der Waals surface area contributed by atoms with Crippen molar-refractivity contribution in [1.82, 2.24) is 0 Å². The van der Waals surface area contributed by atoms with Gasteiger partial charge in [0.2, 0.25) is 0 Å². The van der Waals surface area contributed by atoms with Crippen LogP contribution in [0.25, 0.3) is 0 Å². The molecule has 0 spiro atoms. The summed E-state index contributed by atoms with van der Waals surface area (Å²) in [5.74, 6) is 0. The third-order valence-corrected chi connectivity index (χ3v) is 1.66. The molecule has 0 fully saturated rings. The van der Waals surface area contributed by atoms with Crippen LogP contribution in [-0.2, 0) is 0 Å². The molecule has 0 amide bonds. The van der Waals surface area contributed by atoms with Crippen molar-refractivity contribution in [2.24, 2.45) is 11.5 Å². The minimum absolute atomic E-state index is 0.146. The van der Waals surface area contributed by atoms with E-state index in [-0.39, 0.29) is 6.54 Å². The van der Waals surface area contributed by atoms with E-state index in [1.165, 1.54) is 0 Å². The monoisotopic (exact) mass is 180 g/mol. The molecular weight excluding hydrogens is 164 g/mol. The highest BCUT2D eigenvalue weighted by atomic mass is 16.3. The van der Waals surface area contributed by atoms with Crippen LogP contribution in [-0.4, -0.2) is 57.9 Å². The highest BCUT2D eigenvalue weighted by Gasteiger charge is 2.27. The molecule has 12 heavy (non-hydrogen) atoms. The average Bonchev–Trinajstić information content (AvgIpc) is 2.12. The molecule has 0 bridgehead atoms. The highest BCUT2D eigenvalue weighted by Crippen LogP contribution is 2.01. The van der Waals surface area contributed by atoms with E-state index >= 15 is 0 Å². The Balaban J connectivity index is 3.99. The van der Waals surface area contributed by atoms with Crippen molar-refractivity contribution in [3.05, 3.63) is 0 Å². The van der Waals surface area contributed by atoms with Crippen LogP contribution >= 0.6 is 0 Å². The SMILES string of the molecule is NC[C@H](O)[C@@H](O)[C@H](N)[C@H](O)CO. The molecule has 6 nitrogen and oxygen atoms in total. The van der Waals surface area contributed by atoms with Crippen LogP contribution in [0.1, 0.15) is 0 Å². The van der Waals surface area contributed by atoms with Gasteiger partial charge in [0.25, 0.3) is 0 Å². The number of hydrogen-bond acceptors (Lipinski definition) is 6. The predicted molar refractivity (Wildman–Crippen MR) is 42.1 cm³/mol. The Morgan fingerprint density at radius 3 is 1.92 bits per heavy atom. The molecule has 74 valence electrons. The number of nitrogens with two attached hydrogens (primary N) is 2. The fraction of sp³-hybridized carbons (Fsp3) is 1.00. The Bertz CT molecular complexity index is 110. The number of aliphatic hydroxyl groups is 4. The van der Waals surface area contributed by atoms with Crippen molar-refractivity contribution in [3.8, 4) is 0 Å². The highest BCUT2D eigenvalue weighted by molar-refractivity contribution is 4.84. The van der Waals surface area contributed by atoms with Crippen LogP contribution in [0.2, 0.25) is 0 Å².